The van der Waals surface area contributed by atoms with Crippen molar-refractivity contribution >= 4 is 5.78 Å². The average molecular weight is 274 g/mol. The Morgan fingerprint density at radius 3 is 2.60 bits per heavy atom. The third-order valence-corrected chi connectivity index (χ3v) is 4.40. The number of carbonyl (C=O) groups is 1. The minimum atomic E-state index is -0.708. The van der Waals surface area contributed by atoms with Crippen molar-refractivity contribution in [2.45, 2.75) is 70.3 Å². The first kappa shape index (κ1) is 15.2. The van der Waals surface area contributed by atoms with Crippen LogP contribution in [0.25, 0.3) is 0 Å². The van der Waals surface area contributed by atoms with E-state index in [2.05, 4.69) is 6.92 Å². The Morgan fingerprint density at radius 2 is 1.90 bits per heavy atom. The van der Waals surface area contributed by atoms with Crippen LogP contribution in [0.2, 0.25) is 0 Å². The SMILES string of the molecule is CCCCC(=O)Cc1ccccc1C1(O)CCCCC1. The lowest BCUT2D eigenvalue weighted by Gasteiger charge is -2.34. The highest BCUT2D eigenvalue weighted by atomic mass is 16.3. The molecule has 2 rings (SSSR count). The zero-order valence-corrected chi connectivity index (χ0v) is 12.5. The zero-order valence-electron chi connectivity index (χ0n) is 12.5. The normalized spacial score (nSPS) is 17.9. The predicted octanol–water partition coefficient (Wildman–Crippen LogP) is 4.14. The summed E-state index contributed by atoms with van der Waals surface area (Å²) >= 11 is 0. The third-order valence-electron chi connectivity index (χ3n) is 4.40. The van der Waals surface area contributed by atoms with Gasteiger partial charge in [0.2, 0.25) is 0 Å². The van der Waals surface area contributed by atoms with E-state index in [4.69, 9.17) is 0 Å². The van der Waals surface area contributed by atoms with Crippen molar-refractivity contribution in [2.24, 2.45) is 0 Å². The molecule has 2 heteroatoms. The lowest BCUT2D eigenvalue weighted by Crippen LogP contribution is -2.30. The predicted molar refractivity (Wildman–Crippen MR) is 81.7 cm³/mol. The zero-order chi connectivity index (χ0) is 14.4. The van der Waals surface area contributed by atoms with Crippen molar-refractivity contribution in [1.29, 1.82) is 0 Å². The molecule has 2 nitrogen and oxygen atoms in total. The molecule has 1 fully saturated rings. The molecule has 0 amide bonds. The number of benzene rings is 1. The molecule has 0 atom stereocenters. The largest absolute Gasteiger partial charge is 0.385 e. The van der Waals surface area contributed by atoms with Gasteiger partial charge >= 0.3 is 0 Å². The molecule has 1 aliphatic rings. The monoisotopic (exact) mass is 274 g/mol. The van der Waals surface area contributed by atoms with Gasteiger partial charge in [-0.05, 0) is 30.4 Å². The van der Waals surface area contributed by atoms with Crippen molar-refractivity contribution in [3.8, 4) is 0 Å². The van der Waals surface area contributed by atoms with Crippen LogP contribution in [0.1, 0.15) is 69.4 Å². The fraction of sp³-hybridized carbons (Fsp3) is 0.611. The van der Waals surface area contributed by atoms with E-state index < -0.39 is 5.60 Å². The summed E-state index contributed by atoms with van der Waals surface area (Å²) < 4.78 is 0. The summed E-state index contributed by atoms with van der Waals surface area (Å²) in [4.78, 5) is 12.0. The van der Waals surface area contributed by atoms with Gasteiger partial charge in [0.1, 0.15) is 5.78 Å². The van der Waals surface area contributed by atoms with Crippen LogP contribution in [-0.2, 0) is 16.8 Å². The Kier molecular flexibility index (Phi) is 5.36. The van der Waals surface area contributed by atoms with E-state index >= 15 is 0 Å². The number of carbonyl (C=O) groups excluding carboxylic acids is 1. The van der Waals surface area contributed by atoms with Crippen LogP contribution in [0.15, 0.2) is 24.3 Å². The van der Waals surface area contributed by atoms with Gasteiger partial charge in [-0.25, -0.2) is 0 Å². The lowest BCUT2D eigenvalue weighted by molar-refractivity contribution is -0.118. The third kappa shape index (κ3) is 3.69. The highest BCUT2D eigenvalue weighted by Gasteiger charge is 2.32. The van der Waals surface area contributed by atoms with E-state index in [9.17, 15) is 9.90 Å². The van der Waals surface area contributed by atoms with Crippen molar-refractivity contribution in [3.05, 3.63) is 35.4 Å². The van der Waals surface area contributed by atoms with Crippen LogP contribution in [0.4, 0.5) is 0 Å². The van der Waals surface area contributed by atoms with Gasteiger partial charge in [0.15, 0.2) is 0 Å². The maximum atomic E-state index is 12.0. The van der Waals surface area contributed by atoms with Gasteiger partial charge in [0, 0.05) is 12.8 Å². The molecular weight excluding hydrogens is 248 g/mol. The standard InChI is InChI=1S/C18H26O2/c1-2-3-10-16(19)14-15-9-5-6-11-17(15)18(20)12-7-4-8-13-18/h5-6,9,11,20H,2-4,7-8,10,12-14H2,1H3. The Balaban J connectivity index is 2.15. The summed E-state index contributed by atoms with van der Waals surface area (Å²) in [5, 5.41) is 10.9. The van der Waals surface area contributed by atoms with Crippen molar-refractivity contribution < 1.29 is 9.90 Å². The first-order valence-electron chi connectivity index (χ1n) is 7.98. The molecule has 1 saturated carbocycles. The second-order valence-electron chi connectivity index (χ2n) is 6.07. The minimum absolute atomic E-state index is 0.290. The highest BCUT2D eigenvalue weighted by Crippen LogP contribution is 2.38. The van der Waals surface area contributed by atoms with E-state index in [-0.39, 0.29) is 0 Å². The second-order valence-corrected chi connectivity index (χ2v) is 6.07. The molecule has 0 aromatic heterocycles. The Morgan fingerprint density at radius 1 is 1.20 bits per heavy atom. The van der Waals surface area contributed by atoms with Crippen LogP contribution >= 0.6 is 0 Å². The summed E-state index contributed by atoms with van der Waals surface area (Å²) in [5.74, 6) is 0.290. The van der Waals surface area contributed by atoms with E-state index in [1.165, 1.54) is 6.42 Å². The maximum Gasteiger partial charge on any atom is 0.137 e. The van der Waals surface area contributed by atoms with Crippen LogP contribution < -0.4 is 0 Å². The van der Waals surface area contributed by atoms with E-state index in [1.54, 1.807) is 0 Å². The number of unbranched alkanes of at least 4 members (excludes halogenated alkanes) is 1. The van der Waals surface area contributed by atoms with Crippen LogP contribution in [-0.4, -0.2) is 10.9 Å². The minimum Gasteiger partial charge on any atom is -0.385 e. The number of ketones is 1. The molecule has 0 saturated heterocycles. The smallest absolute Gasteiger partial charge is 0.137 e. The number of Topliss-reactive ketones (excluding diaryl/α,β-unsaturated/α-hetero) is 1. The van der Waals surface area contributed by atoms with Crippen LogP contribution in [0, 0.1) is 0 Å². The quantitative estimate of drug-likeness (QED) is 0.846. The van der Waals surface area contributed by atoms with Gasteiger partial charge in [0.05, 0.1) is 5.60 Å². The molecule has 20 heavy (non-hydrogen) atoms. The van der Waals surface area contributed by atoms with Crippen LogP contribution in [0.3, 0.4) is 0 Å². The van der Waals surface area contributed by atoms with Crippen molar-refractivity contribution in [3.63, 3.8) is 0 Å². The summed E-state index contributed by atoms with van der Waals surface area (Å²) in [6, 6.07) is 7.96. The molecule has 1 aromatic rings. The summed E-state index contributed by atoms with van der Waals surface area (Å²) in [6.07, 6.45) is 8.16. The molecule has 110 valence electrons. The molecule has 1 aliphatic carbocycles. The first-order chi connectivity index (χ1) is 9.65. The number of aliphatic hydroxyl groups is 1. The molecule has 0 unspecified atom stereocenters. The van der Waals surface area contributed by atoms with Gasteiger partial charge in [0.25, 0.3) is 0 Å². The van der Waals surface area contributed by atoms with Gasteiger partial charge in [-0.2, -0.15) is 0 Å². The number of rotatable bonds is 6. The molecule has 1 N–H and O–H groups in total. The topological polar surface area (TPSA) is 37.3 Å². The van der Waals surface area contributed by atoms with E-state index in [0.29, 0.717) is 18.6 Å². The molecule has 0 heterocycles. The van der Waals surface area contributed by atoms with Crippen molar-refractivity contribution in [1.82, 2.24) is 0 Å². The summed E-state index contributed by atoms with van der Waals surface area (Å²) in [5.41, 5.74) is 1.31. The summed E-state index contributed by atoms with van der Waals surface area (Å²) in [7, 11) is 0. The van der Waals surface area contributed by atoms with E-state index in [0.717, 1.165) is 49.7 Å². The fourth-order valence-corrected chi connectivity index (χ4v) is 3.21. The maximum absolute atomic E-state index is 12.0. The highest BCUT2D eigenvalue weighted by molar-refractivity contribution is 5.81. The average Bonchev–Trinajstić information content (AvgIpc) is 2.46. The van der Waals surface area contributed by atoms with Crippen LogP contribution in [0.5, 0.6) is 0 Å². The Labute approximate surface area is 122 Å². The second kappa shape index (κ2) is 7.03. The van der Waals surface area contributed by atoms with Gasteiger partial charge in [-0.15, -0.1) is 0 Å². The number of hydrogen-bond acceptors (Lipinski definition) is 2. The lowest BCUT2D eigenvalue weighted by atomic mass is 9.77. The van der Waals surface area contributed by atoms with Gasteiger partial charge < -0.3 is 5.11 Å². The molecule has 0 spiro atoms. The molecular formula is C18H26O2. The van der Waals surface area contributed by atoms with Crippen molar-refractivity contribution in [2.75, 3.05) is 0 Å². The first-order valence-corrected chi connectivity index (χ1v) is 7.98. The number of hydrogen-bond donors (Lipinski definition) is 1. The molecule has 1 aromatic carbocycles. The van der Waals surface area contributed by atoms with E-state index in [1.807, 2.05) is 24.3 Å². The van der Waals surface area contributed by atoms with Gasteiger partial charge in [-0.3, -0.25) is 4.79 Å². The Bertz CT molecular complexity index is 444. The Hall–Kier alpha value is -1.15. The molecule has 0 aliphatic heterocycles. The summed E-state index contributed by atoms with van der Waals surface area (Å²) in [6.45, 7) is 2.10. The van der Waals surface area contributed by atoms with Gasteiger partial charge in [-0.1, -0.05) is 56.9 Å². The molecule has 0 bridgehead atoms. The fourth-order valence-electron chi connectivity index (χ4n) is 3.21. The molecule has 0 radical (unpaired) electrons.